The van der Waals surface area contributed by atoms with E-state index < -0.39 is 11.6 Å². The maximum Gasteiger partial charge on any atom is 0.168 e. The molecule has 2 aromatic rings. The molecule has 75 valence electrons. The Morgan fingerprint density at radius 1 is 1.13 bits per heavy atom. The lowest BCUT2D eigenvalue weighted by Gasteiger charge is -2.05. The molecule has 2 rings (SSSR count). The lowest BCUT2D eigenvalue weighted by atomic mass is 10.3. The van der Waals surface area contributed by atoms with Crippen LogP contribution in [0.25, 0.3) is 0 Å². The number of rotatable bonds is 2. The minimum absolute atomic E-state index is 0.00370. The molecule has 3 heteroatoms. The zero-order chi connectivity index (χ0) is 10.7. The van der Waals surface area contributed by atoms with Crippen LogP contribution in [-0.4, -0.2) is 0 Å². The summed E-state index contributed by atoms with van der Waals surface area (Å²) in [6.07, 6.45) is 0. The average molecular weight is 205 g/mol. The molecule has 15 heavy (non-hydrogen) atoms. The molecule has 0 spiro atoms. The van der Waals surface area contributed by atoms with E-state index in [4.69, 9.17) is 4.74 Å². The van der Waals surface area contributed by atoms with E-state index >= 15 is 0 Å². The van der Waals surface area contributed by atoms with Crippen LogP contribution in [0.1, 0.15) is 0 Å². The molecule has 0 atom stereocenters. The van der Waals surface area contributed by atoms with Gasteiger partial charge < -0.3 is 4.74 Å². The summed E-state index contributed by atoms with van der Waals surface area (Å²) in [4.78, 5) is 0. The average Bonchev–Trinajstić information content (AvgIpc) is 2.24. The summed E-state index contributed by atoms with van der Waals surface area (Å²) in [7, 11) is 0. The molecule has 0 aliphatic rings. The largest absolute Gasteiger partial charge is 0.454 e. The number of hydrogen-bond donors (Lipinski definition) is 0. The zero-order valence-corrected chi connectivity index (χ0v) is 7.71. The van der Waals surface area contributed by atoms with Crippen molar-refractivity contribution in [3.8, 4) is 11.5 Å². The molecular formula is C12H7F2O. The van der Waals surface area contributed by atoms with E-state index in [2.05, 4.69) is 6.07 Å². The van der Waals surface area contributed by atoms with Crippen molar-refractivity contribution in [1.29, 1.82) is 0 Å². The molecule has 0 fully saturated rings. The summed E-state index contributed by atoms with van der Waals surface area (Å²) >= 11 is 0. The van der Waals surface area contributed by atoms with Gasteiger partial charge in [0.15, 0.2) is 11.6 Å². The fourth-order valence-corrected chi connectivity index (χ4v) is 1.13. The topological polar surface area (TPSA) is 9.23 Å². The van der Waals surface area contributed by atoms with Gasteiger partial charge >= 0.3 is 0 Å². The molecule has 0 saturated heterocycles. The summed E-state index contributed by atoms with van der Waals surface area (Å²) in [5.74, 6) is -0.891. The zero-order valence-electron chi connectivity index (χ0n) is 7.71. The van der Waals surface area contributed by atoms with Crippen LogP contribution in [0, 0.1) is 17.7 Å². The number of halogens is 2. The monoisotopic (exact) mass is 205 g/mol. The molecule has 1 nitrogen and oxygen atoms in total. The number of hydrogen-bond acceptors (Lipinski definition) is 1. The van der Waals surface area contributed by atoms with Crippen molar-refractivity contribution in [2.24, 2.45) is 0 Å². The van der Waals surface area contributed by atoms with Crippen LogP contribution in [0.15, 0.2) is 42.5 Å². The first kappa shape index (κ1) is 9.65. The third kappa shape index (κ3) is 2.31. The summed E-state index contributed by atoms with van der Waals surface area (Å²) in [5.41, 5.74) is 0. The molecule has 0 aromatic heterocycles. The van der Waals surface area contributed by atoms with Crippen molar-refractivity contribution in [2.45, 2.75) is 0 Å². The molecule has 1 radical (unpaired) electrons. The Balaban J connectivity index is 2.25. The number of benzene rings is 2. The Labute approximate surface area is 85.9 Å². The predicted molar refractivity (Wildman–Crippen MR) is 51.7 cm³/mol. The Morgan fingerprint density at radius 3 is 2.67 bits per heavy atom. The molecule has 0 aliphatic heterocycles. The molecule has 0 amide bonds. The van der Waals surface area contributed by atoms with Crippen molar-refractivity contribution >= 4 is 0 Å². The van der Waals surface area contributed by atoms with Crippen LogP contribution in [0.2, 0.25) is 0 Å². The minimum atomic E-state index is -0.723. The quantitative estimate of drug-likeness (QED) is 0.728. The van der Waals surface area contributed by atoms with E-state index in [9.17, 15) is 8.78 Å². The van der Waals surface area contributed by atoms with E-state index in [1.54, 1.807) is 24.3 Å². The second-order valence-electron chi connectivity index (χ2n) is 2.92. The molecule has 0 heterocycles. The smallest absolute Gasteiger partial charge is 0.168 e. The van der Waals surface area contributed by atoms with E-state index in [1.807, 2.05) is 0 Å². The minimum Gasteiger partial charge on any atom is -0.454 e. The summed E-state index contributed by atoms with van der Waals surface area (Å²) in [6.45, 7) is 0. The van der Waals surface area contributed by atoms with E-state index in [0.717, 1.165) is 12.1 Å². The van der Waals surface area contributed by atoms with Crippen molar-refractivity contribution in [3.05, 3.63) is 60.2 Å². The van der Waals surface area contributed by atoms with Crippen molar-refractivity contribution in [1.82, 2.24) is 0 Å². The first-order valence-electron chi connectivity index (χ1n) is 4.35. The second-order valence-corrected chi connectivity index (χ2v) is 2.92. The molecular weight excluding hydrogens is 198 g/mol. The Morgan fingerprint density at radius 2 is 2.00 bits per heavy atom. The van der Waals surface area contributed by atoms with E-state index in [1.165, 1.54) is 6.07 Å². The van der Waals surface area contributed by atoms with Gasteiger partial charge in [-0.1, -0.05) is 12.1 Å². The standard InChI is InChI=1S/C12H7F2O/c13-9-6-7-12(11(14)8-9)15-10-4-2-1-3-5-10/h1-2,4-8H. The van der Waals surface area contributed by atoms with Gasteiger partial charge in [0.2, 0.25) is 0 Å². The first-order valence-corrected chi connectivity index (χ1v) is 4.35. The highest BCUT2D eigenvalue weighted by atomic mass is 19.1. The second kappa shape index (κ2) is 4.09. The normalized spacial score (nSPS) is 10.0. The first-order chi connectivity index (χ1) is 7.25. The van der Waals surface area contributed by atoms with Gasteiger partial charge in [0.1, 0.15) is 11.6 Å². The van der Waals surface area contributed by atoms with Gasteiger partial charge in [-0.25, -0.2) is 8.78 Å². The Hall–Kier alpha value is -1.90. The highest BCUT2D eigenvalue weighted by Crippen LogP contribution is 2.24. The van der Waals surface area contributed by atoms with Crippen LogP contribution in [0.5, 0.6) is 11.5 Å². The summed E-state index contributed by atoms with van der Waals surface area (Å²) in [6, 6.07) is 12.6. The molecule has 0 aliphatic carbocycles. The van der Waals surface area contributed by atoms with Gasteiger partial charge in [0, 0.05) is 6.07 Å². The lowest BCUT2D eigenvalue weighted by molar-refractivity contribution is 0.437. The molecule has 0 N–H and O–H groups in total. The van der Waals surface area contributed by atoms with Crippen molar-refractivity contribution in [3.63, 3.8) is 0 Å². The molecule has 2 aromatic carbocycles. The summed E-state index contributed by atoms with van der Waals surface area (Å²) in [5, 5.41) is 0. The molecule has 0 bridgehead atoms. The van der Waals surface area contributed by atoms with E-state index in [0.29, 0.717) is 5.75 Å². The Bertz CT molecular complexity index is 454. The predicted octanol–water partition coefficient (Wildman–Crippen LogP) is 3.56. The third-order valence-corrected chi connectivity index (χ3v) is 1.80. The van der Waals surface area contributed by atoms with Crippen LogP contribution >= 0.6 is 0 Å². The highest BCUT2D eigenvalue weighted by Gasteiger charge is 2.05. The fraction of sp³-hybridized carbons (Fsp3) is 0. The van der Waals surface area contributed by atoms with Gasteiger partial charge in [-0.3, -0.25) is 0 Å². The third-order valence-electron chi connectivity index (χ3n) is 1.80. The van der Waals surface area contributed by atoms with Gasteiger partial charge in [-0.2, -0.15) is 0 Å². The van der Waals surface area contributed by atoms with Gasteiger partial charge in [0.25, 0.3) is 0 Å². The van der Waals surface area contributed by atoms with Gasteiger partial charge in [-0.15, -0.1) is 0 Å². The van der Waals surface area contributed by atoms with E-state index in [-0.39, 0.29) is 5.75 Å². The van der Waals surface area contributed by atoms with Gasteiger partial charge in [0.05, 0.1) is 0 Å². The highest BCUT2D eigenvalue weighted by molar-refractivity contribution is 5.31. The Kier molecular flexibility index (Phi) is 2.63. The van der Waals surface area contributed by atoms with Crippen molar-refractivity contribution < 1.29 is 13.5 Å². The SMILES string of the molecule is Fc1ccc(Oc2c[c]ccc2)c(F)c1. The molecule has 0 unspecified atom stereocenters. The van der Waals surface area contributed by atoms with Gasteiger partial charge in [-0.05, 0) is 30.3 Å². The maximum absolute atomic E-state index is 13.2. The van der Waals surface area contributed by atoms with Crippen molar-refractivity contribution in [2.75, 3.05) is 0 Å². The van der Waals surface area contributed by atoms with Crippen LogP contribution in [0.4, 0.5) is 8.78 Å². The fourth-order valence-electron chi connectivity index (χ4n) is 1.13. The van der Waals surface area contributed by atoms with Crippen LogP contribution < -0.4 is 4.74 Å². The number of ether oxygens (including phenoxy) is 1. The van der Waals surface area contributed by atoms with Crippen LogP contribution in [-0.2, 0) is 0 Å². The van der Waals surface area contributed by atoms with Crippen LogP contribution in [0.3, 0.4) is 0 Å². The lowest BCUT2D eigenvalue weighted by Crippen LogP contribution is -1.88. The summed E-state index contributed by atoms with van der Waals surface area (Å²) < 4.78 is 30.9. The molecule has 0 saturated carbocycles. The maximum atomic E-state index is 13.2.